The quantitative estimate of drug-likeness (QED) is 0.689. The molecule has 0 radical (unpaired) electrons. The van der Waals surface area contributed by atoms with Gasteiger partial charge >= 0.3 is 0 Å². The molecule has 0 unspecified atom stereocenters. The predicted octanol–water partition coefficient (Wildman–Crippen LogP) is 2.11. The van der Waals surface area contributed by atoms with E-state index in [0.29, 0.717) is 5.69 Å². The molecule has 0 spiro atoms. The summed E-state index contributed by atoms with van der Waals surface area (Å²) in [6.45, 7) is 5.34. The lowest BCUT2D eigenvalue weighted by Gasteiger charge is -2.06. The highest BCUT2D eigenvalue weighted by atomic mass is 19.3. The Kier molecular flexibility index (Phi) is 2.40. The zero-order chi connectivity index (χ0) is 9.30. The molecule has 0 aliphatic carbocycles. The minimum atomic E-state index is -2.53. The first kappa shape index (κ1) is 9.09. The van der Waals surface area contributed by atoms with Crippen molar-refractivity contribution in [1.82, 2.24) is 15.0 Å². The first-order chi connectivity index (χ1) is 5.54. The van der Waals surface area contributed by atoms with Gasteiger partial charge < -0.3 is 0 Å². The number of halogens is 2. The van der Waals surface area contributed by atoms with Gasteiger partial charge in [0.2, 0.25) is 0 Å². The van der Waals surface area contributed by atoms with Crippen LogP contribution in [0.5, 0.6) is 0 Å². The molecule has 0 fully saturated rings. The van der Waals surface area contributed by atoms with Crippen LogP contribution >= 0.6 is 0 Å². The summed E-state index contributed by atoms with van der Waals surface area (Å²) >= 11 is 0. The largest absolute Gasteiger partial charge is 0.284 e. The second kappa shape index (κ2) is 3.16. The maximum atomic E-state index is 12.2. The summed E-state index contributed by atoms with van der Waals surface area (Å²) in [5.41, 5.74) is 0.226. The first-order valence-corrected chi connectivity index (χ1v) is 3.74. The third kappa shape index (κ3) is 1.44. The third-order valence-corrected chi connectivity index (χ3v) is 1.66. The lowest BCUT2D eigenvalue weighted by molar-refractivity contribution is 0.145. The van der Waals surface area contributed by atoms with Gasteiger partial charge in [-0.05, 0) is 20.8 Å². The Bertz CT molecular complexity index is 242. The van der Waals surface area contributed by atoms with Gasteiger partial charge in [-0.15, -0.1) is 5.10 Å². The number of hydrogen-bond acceptors (Lipinski definition) is 2. The Morgan fingerprint density at radius 3 is 2.17 bits per heavy atom. The van der Waals surface area contributed by atoms with E-state index in [0.717, 1.165) is 0 Å². The normalized spacial score (nSPS) is 11.6. The Morgan fingerprint density at radius 1 is 1.33 bits per heavy atom. The van der Waals surface area contributed by atoms with Gasteiger partial charge in [0.05, 0.1) is 5.69 Å². The molecule has 0 amide bonds. The van der Waals surface area contributed by atoms with Crippen molar-refractivity contribution in [3.8, 4) is 0 Å². The molecule has 3 nitrogen and oxygen atoms in total. The van der Waals surface area contributed by atoms with E-state index >= 15 is 0 Å². The van der Waals surface area contributed by atoms with E-state index in [9.17, 15) is 8.78 Å². The van der Waals surface area contributed by atoms with Crippen molar-refractivity contribution in [2.75, 3.05) is 0 Å². The monoisotopic (exact) mass is 175 g/mol. The molecule has 1 rings (SSSR count). The van der Waals surface area contributed by atoms with Crippen molar-refractivity contribution in [3.05, 3.63) is 11.4 Å². The fraction of sp³-hybridized carbons (Fsp3) is 0.714. The molecule has 12 heavy (non-hydrogen) atoms. The molecule has 0 N–H and O–H groups in total. The topological polar surface area (TPSA) is 30.7 Å². The average Bonchev–Trinajstić information content (AvgIpc) is 2.30. The van der Waals surface area contributed by atoms with E-state index in [2.05, 4.69) is 10.3 Å². The summed E-state index contributed by atoms with van der Waals surface area (Å²) in [6.07, 6.45) is -2.53. The van der Waals surface area contributed by atoms with Crippen molar-refractivity contribution in [2.24, 2.45) is 0 Å². The van der Waals surface area contributed by atoms with Crippen LogP contribution in [0.3, 0.4) is 0 Å². The van der Waals surface area contributed by atoms with Crippen LogP contribution in [-0.2, 0) is 0 Å². The molecule has 1 aromatic heterocycles. The van der Waals surface area contributed by atoms with Gasteiger partial charge in [0, 0.05) is 6.04 Å². The average molecular weight is 175 g/mol. The lowest BCUT2D eigenvalue weighted by Crippen LogP contribution is -2.05. The van der Waals surface area contributed by atoms with Gasteiger partial charge in [-0.2, -0.15) is 0 Å². The highest BCUT2D eigenvalue weighted by Gasteiger charge is 2.18. The van der Waals surface area contributed by atoms with Gasteiger partial charge in [0.25, 0.3) is 6.43 Å². The van der Waals surface area contributed by atoms with Gasteiger partial charge in [-0.1, -0.05) is 5.21 Å². The van der Waals surface area contributed by atoms with Crippen LogP contribution in [0.4, 0.5) is 8.78 Å². The van der Waals surface area contributed by atoms with Crippen LogP contribution in [0, 0.1) is 6.92 Å². The van der Waals surface area contributed by atoms with Crippen molar-refractivity contribution in [1.29, 1.82) is 0 Å². The molecule has 5 heteroatoms. The zero-order valence-corrected chi connectivity index (χ0v) is 7.25. The Balaban J connectivity index is 3.04. The first-order valence-electron chi connectivity index (χ1n) is 3.74. The molecule has 68 valence electrons. The molecule has 1 aromatic rings. The summed E-state index contributed by atoms with van der Waals surface area (Å²) in [4.78, 5) is 0. The third-order valence-electron chi connectivity index (χ3n) is 1.66. The van der Waals surface area contributed by atoms with Crippen LogP contribution in [0.1, 0.15) is 37.7 Å². The molecular formula is C7H11F2N3. The SMILES string of the molecule is Cc1c(C(F)F)nnn1C(C)C. The van der Waals surface area contributed by atoms with Crippen LogP contribution in [0.2, 0.25) is 0 Å². The van der Waals surface area contributed by atoms with Crippen LogP contribution in [-0.4, -0.2) is 15.0 Å². The summed E-state index contributed by atoms with van der Waals surface area (Å²) in [6, 6.07) is 0.0741. The molecule has 0 saturated heterocycles. The fourth-order valence-corrected chi connectivity index (χ4v) is 1.05. The highest BCUT2D eigenvalue weighted by Crippen LogP contribution is 2.20. The van der Waals surface area contributed by atoms with Crippen molar-refractivity contribution >= 4 is 0 Å². The van der Waals surface area contributed by atoms with Crippen LogP contribution < -0.4 is 0 Å². The minimum Gasteiger partial charge on any atom is -0.247 e. The molecule has 0 saturated carbocycles. The van der Waals surface area contributed by atoms with Gasteiger partial charge in [-0.25, -0.2) is 13.5 Å². The fourth-order valence-electron chi connectivity index (χ4n) is 1.05. The molecule has 0 aliphatic rings. The van der Waals surface area contributed by atoms with Gasteiger partial charge in [-0.3, -0.25) is 0 Å². The van der Waals surface area contributed by atoms with E-state index in [1.165, 1.54) is 4.68 Å². The maximum absolute atomic E-state index is 12.2. The number of nitrogens with zero attached hydrogens (tertiary/aromatic N) is 3. The number of hydrogen-bond donors (Lipinski definition) is 0. The molecule has 0 bridgehead atoms. The maximum Gasteiger partial charge on any atom is 0.284 e. The molecular weight excluding hydrogens is 164 g/mol. The van der Waals surface area contributed by atoms with Crippen LogP contribution in [0.15, 0.2) is 0 Å². The lowest BCUT2D eigenvalue weighted by atomic mass is 10.3. The minimum absolute atomic E-state index is 0.0741. The van der Waals surface area contributed by atoms with Gasteiger partial charge in [0.1, 0.15) is 0 Å². The molecule has 0 atom stereocenters. The Labute approximate surface area is 69.4 Å². The second-order valence-corrected chi connectivity index (χ2v) is 2.90. The predicted molar refractivity (Wildman–Crippen MR) is 40.1 cm³/mol. The summed E-state index contributed by atoms with van der Waals surface area (Å²) in [5, 5.41) is 7.02. The van der Waals surface area contributed by atoms with Crippen LogP contribution in [0.25, 0.3) is 0 Å². The van der Waals surface area contributed by atoms with Crippen molar-refractivity contribution < 1.29 is 8.78 Å². The van der Waals surface area contributed by atoms with Crippen molar-refractivity contribution in [3.63, 3.8) is 0 Å². The summed E-state index contributed by atoms with van der Waals surface area (Å²) < 4.78 is 25.9. The second-order valence-electron chi connectivity index (χ2n) is 2.90. The van der Waals surface area contributed by atoms with Gasteiger partial charge in [0.15, 0.2) is 5.69 Å². The highest BCUT2D eigenvalue weighted by molar-refractivity contribution is 5.09. The Hall–Kier alpha value is -1.00. The number of aromatic nitrogens is 3. The number of alkyl halides is 2. The molecule has 0 aromatic carbocycles. The number of rotatable bonds is 2. The summed E-state index contributed by atoms with van der Waals surface area (Å²) in [5.74, 6) is 0. The van der Waals surface area contributed by atoms with E-state index < -0.39 is 6.43 Å². The Morgan fingerprint density at radius 2 is 1.92 bits per heavy atom. The van der Waals surface area contributed by atoms with Crippen molar-refractivity contribution in [2.45, 2.75) is 33.2 Å². The summed E-state index contributed by atoms with van der Waals surface area (Å²) in [7, 11) is 0. The molecule has 0 aliphatic heterocycles. The molecule has 1 heterocycles. The standard InChI is InChI=1S/C7H11F2N3/c1-4(2)12-5(3)6(7(8)9)10-11-12/h4,7H,1-3H3. The van der Waals surface area contributed by atoms with E-state index in [4.69, 9.17) is 0 Å². The zero-order valence-electron chi connectivity index (χ0n) is 7.25. The van der Waals surface area contributed by atoms with E-state index in [1.807, 2.05) is 13.8 Å². The van der Waals surface area contributed by atoms with E-state index in [1.54, 1.807) is 6.92 Å². The smallest absolute Gasteiger partial charge is 0.247 e. The van der Waals surface area contributed by atoms with E-state index in [-0.39, 0.29) is 11.7 Å².